The number of hydrogen-bond donors (Lipinski definition) is 0. The van der Waals surface area contributed by atoms with E-state index >= 15 is 0 Å². The highest BCUT2D eigenvalue weighted by atomic mass is 16.7. The van der Waals surface area contributed by atoms with E-state index in [2.05, 4.69) is 27.7 Å². The smallest absolute Gasteiger partial charge is 0.467 e. The SMILES string of the molecule is COCCOCOc1ccc(B2OC(C)(C)C(C)(C)O2)cc1C. The number of ether oxygens (including phenoxy) is 3. The Labute approximate surface area is 139 Å². The molecule has 1 saturated heterocycles. The summed E-state index contributed by atoms with van der Waals surface area (Å²) in [7, 11) is 1.29. The van der Waals surface area contributed by atoms with E-state index in [1.807, 2.05) is 25.1 Å². The highest BCUT2D eigenvalue weighted by Gasteiger charge is 2.51. The number of hydrogen-bond acceptors (Lipinski definition) is 5. The fraction of sp³-hybridized carbons (Fsp3) is 0.647. The van der Waals surface area contributed by atoms with Crippen LogP contribution in [-0.2, 0) is 18.8 Å². The summed E-state index contributed by atoms with van der Waals surface area (Å²) < 4.78 is 28.0. The first-order valence-electron chi connectivity index (χ1n) is 7.92. The Morgan fingerprint density at radius 2 is 1.70 bits per heavy atom. The molecule has 0 spiro atoms. The Balaban J connectivity index is 1.97. The molecule has 0 radical (unpaired) electrons. The third kappa shape index (κ3) is 4.26. The summed E-state index contributed by atoms with van der Waals surface area (Å²) >= 11 is 0. The third-order valence-corrected chi connectivity index (χ3v) is 4.45. The fourth-order valence-electron chi connectivity index (χ4n) is 2.27. The Bertz CT molecular complexity index is 514. The Morgan fingerprint density at radius 1 is 1.04 bits per heavy atom. The van der Waals surface area contributed by atoms with Gasteiger partial charge in [-0.1, -0.05) is 12.1 Å². The predicted octanol–water partition coefficient (Wildman–Crippen LogP) is 2.29. The van der Waals surface area contributed by atoms with E-state index < -0.39 is 0 Å². The Kier molecular flexibility index (Phi) is 5.73. The van der Waals surface area contributed by atoms with Gasteiger partial charge in [0, 0.05) is 7.11 Å². The van der Waals surface area contributed by atoms with Crippen molar-refractivity contribution in [2.75, 3.05) is 27.1 Å². The zero-order valence-corrected chi connectivity index (χ0v) is 15.0. The number of methoxy groups -OCH3 is 1. The highest BCUT2D eigenvalue weighted by Crippen LogP contribution is 2.36. The molecule has 0 amide bonds. The highest BCUT2D eigenvalue weighted by molar-refractivity contribution is 6.62. The maximum Gasteiger partial charge on any atom is 0.494 e. The van der Waals surface area contributed by atoms with Crippen LogP contribution in [0.1, 0.15) is 33.3 Å². The summed E-state index contributed by atoms with van der Waals surface area (Å²) in [6.07, 6.45) is 0. The molecule has 0 unspecified atom stereocenters. The molecule has 0 aliphatic carbocycles. The normalized spacial score (nSPS) is 19.1. The van der Waals surface area contributed by atoms with Crippen LogP contribution in [0.3, 0.4) is 0 Å². The second-order valence-corrected chi connectivity index (χ2v) is 6.78. The minimum atomic E-state index is -0.356. The van der Waals surface area contributed by atoms with Gasteiger partial charge in [-0.15, -0.1) is 0 Å². The van der Waals surface area contributed by atoms with E-state index in [1.54, 1.807) is 7.11 Å². The van der Waals surface area contributed by atoms with Crippen molar-refractivity contribution >= 4 is 12.6 Å². The maximum atomic E-state index is 6.07. The molecular weight excluding hydrogens is 295 g/mol. The van der Waals surface area contributed by atoms with Gasteiger partial charge in [-0.05, 0) is 51.7 Å². The molecule has 23 heavy (non-hydrogen) atoms. The van der Waals surface area contributed by atoms with Gasteiger partial charge >= 0.3 is 7.12 Å². The van der Waals surface area contributed by atoms with Gasteiger partial charge < -0.3 is 23.5 Å². The van der Waals surface area contributed by atoms with E-state index in [0.29, 0.717) is 13.2 Å². The molecule has 6 heteroatoms. The first kappa shape index (κ1) is 18.3. The quantitative estimate of drug-likeness (QED) is 0.438. The molecule has 5 nitrogen and oxygen atoms in total. The molecule has 0 atom stereocenters. The standard InChI is InChI=1S/C17H27BO5/c1-13-11-14(18-22-16(2,3)17(4,5)23-18)7-8-15(13)21-12-20-10-9-19-6/h7-8,11H,9-10,12H2,1-6H3. The second kappa shape index (κ2) is 7.22. The van der Waals surface area contributed by atoms with Crippen LogP contribution in [0.5, 0.6) is 5.75 Å². The molecule has 1 aromatic carbocycles. The predicted molar refractivity (Wildman–Crippen MR) is 90.2 cm³/mol. The average molecular weight is 322 g/mol. The molecule has 1 aliphatic heterocycles. The monoisotopic (exact) mass is 322 g/mol. The van der Waals surface area contributed by atoms with Crippen molar-refractivity contribution in [2.45, 2.75) is 45.8 Å². The lowest BCUT2D eigenvalue weighted by Crippen LogP contribution is -2.41. The molecule has 1 aromatic rings. The fourth-order valence-corrected chi connectivity index (χ4v) is 2.27. The van der Waals surface area contributed by atoms with Gasteiger partial charge in [-0.2, -0.15) is 0 Å². The second-order valence-electron chi connectivity index (χ2n) is 6.78. The van der Waals surface area contributed by atoms with Crippen LogP contribution in [0.4, 0.5) is 0 Å². The summed E-state index contributed by atoms with van der Waals surface area (Å²) in [6.45, 7) is 11.5. The van der Waals surface area contributed by atoms with Gasteiger partial charge in [0.2, 0.25) is 0 Å². The first-order chi connectivity index (χ1) is 10.8. The van der Waals surface area contributed by atoms with Crippen LogP contribution in [-0.4, -0.2) is 45.4 Å². The molecule has 1 fully saturated rings. The van der Waals surface area contributed by atoms with E-state index in [9.17, 15) is 0 Å². The lowest BCUT2D eigenvalue weighted by molar-refractivity contribution is -0.00874. The first-order valence-corrected chi connectivity index (χ1v) is 7.92. The number of benzene rings is 1. The minimum absolute atomic E-state index is 0.208. The summed E-state index contributed by atoms with van der Waals surface area (Å²) in [6, 6.07) is 5.93. The maximum absolute atomic E-state index is 6.07. The Morgan fingerprint density at radius 3 is 2.26 bits per heavy atom. The van der Waals surface area contributed by atoms with Crippen molar-refractivity contribution in [3.63, 3.8) is 0 Å². The largest absolute Gasteiger partial charge is 0.494 e. The molecule has 0 N–H and O–H groups in total. The van der Waals surface area contributed by atoms with Crippen molar-refractivity contribution in [1.29, 1.82) is 0 Å². The minimum Gasteiger partial charge on any atom is -0.467 e. The van der Waals surface area contributed by atoms with Crippen LogP contribution >= 0.6 is 0 Å². The molecular formula is C17H27BO5. The van der Waals surface area contributed by atoms with Gasteiger partial charge in [-0.3, -0.25) is 0 Å². The molecule has 2 rings (SSSR count). The zero-order chi connectivity index (χ0) is 17.1. The topological polar surface area (TPSA) is 46.2 Å². The summed E-state index contributed by atoms with van der Waals surface area (Å²) in [5.74, 6) is 0.794. The Hall–Kier alpha value is -1.08. The molecule has 128 valence electrons. The van der Waals surface area contributed by atoms with Crippen LogP contribution in [0.25, 0.3) is 0 Å². The van der Waals surface area contributed by atoms with Crippen molar-refractivity contribution in [3.8, 4) is 5.75 Å². The molecule has 0 aromatic heterocycles. The van der Waals surface area contributed by atoms with Crippen molar-refractivity contribution in [2.24, 2.45) is 0 Å². The molecule has 0 saturated carbocycles. The van der Waals surface area contributed by atoms with Crippen molar-refractivity contribution in [3.05, 3.63) is 23.8 Å². The van der Waals surface area contributed by atoms with Crippen molar-refractivity contribution in [1.82, 2.24) is 0 Å². The van der Waals surface area contributed by atoms with Crippen LogP contribution < -0.4 is 10.2 Å². The van der Waals surface area contributed by atoms with E-state index in [4.69, 9.17) is 23.5 Å². The van der Waals surface area contributed by atoms with E-state index in [-0.39, 0.29) is 25.1 Å². The number of aryl methyl sites for hydroxylation is 1. The third-order valence-electron chi connectivity index (χ3n) is 4.45. The van der Waals surface area contributed by atoms with Gasteiger partial charge in [0.25, 0.3) is 0 Å². The van der Waals surface area contributed by atoms with Crippen molar-refractivity contribution < 1.29 is 23.5 Å². The molecule has 1 aliphatic rings. The molecule has 1 heterocycles. The van der Waals surface area contributed by atoms with Gasteiger partial charge in [-0.25, -0.2) is 0 Å². The summed E-state index contributed by atoms with van der Waals surface area (Å²) in [4.78, 5) is 0. The summed E-state index contributed by atoms with van der Waals surface area (Å²) in [5, 5.41) is 0. The lowest BCUT2D eigenvalue weighted by atomic mass is 9.78. The lowest BCUT2D eigenvalue weighted by Gasteiger charge is -2.32. The van der Waals surface area contributed by atoms with Gasteiger partial charge in [0.1, 0.15) is 5.75 Å². The van der Waals surface area contributed by atoms with Gasteiger partial charge in [0.05, 0.1) is 24.4 Å². The molecule has 0 bridgehead atoms. The number of rotatable bonds is 7. The van der Waals surface area contributed by atoms with Gasteiger partial charge in [0.15, 0.2) is 6.79 Å². The zero-order valence-electron chi connectivity index (χ0n) is 15.0. The van der Waals surface area contributed by atoms with Crippen LogP contribution in [0.2, 0.25) is 0 Å². The van der Waals surface area contributed by atoms with E-state index in [1.165, 1.54) is 0 Å². The van der Waals surface area contributed by atoms with Crippen LogP contribution in [0, 0.1) is 6.92 Å². The average Bonchev–Trinajstić information content (AvgIpc) is 2.68. The summed E-state index contributed by atoms with van der Waals surface area (Å²) in [5.41, 5.74) is 1.34. The van der Waals surface area contributed by atoms with Crippen LogP contribution in [0.15, 0.2) is 18.2 Å². The van der Waals surface area contributed by atoms with E-state index in [0.717, 1.165) is 16.8 Å².